The number of piperazine rings is 1. The summed E-state index contributed by atoms with van der Waals surface area (Å²) < 4.78 is 0. The van der Waals surface area contributed by atoms with Crippen molar-refractivity contribution < 1.29 is 4.79 Å². The maximum Gasteiger partial charge on any atom is 0.224 e. The number of carbonyl (C=O) groups is 1. The maximum absolute atomic E-state index is 12.4. The molecule has 23 heavy (non-hydrogen) atoms. The number of benzene rings is 1. The molecule has 0 bridgehead atoms. The molecule has 4 nitrogen and oxygen atoms in total. The van der Waals surface area contributed by atoms with Crippen molar-refractivity contribution in [1.82, 2.24) is 9.80 Å². The summed E-state index contributed by atoms with van der Waals surface area (Å²) in [6.07, 6.45) is 1.59. The monoisotopic (exact) mass is 317 g/mol. The van der Waals surface area contributed by atoms with Crippen LogP contribution in [-0.2, 0) is 4.79 Å². The lowest BCUT2D eigenvalue weighted by molar-refractivity contribution is -0.133. The van der Waals surface area contributed by atoms with E-state index in [1.165, 1.54) is 6.42 Å². The van der Waals surface area contributed by atoms with Crippen LogP contribution in [0.3, 0.4) is 0 Å². The molecule has 0 aromatic heterocycles. The van der Waals surface area contributed by atoms with Crippen LogP contribution in [-0.4, -0.2) is 48.4 Å². The summed E-state index contributed by atoms with van der Waals surface area (Å²) in [6.45, 7) is 11.5. The summed E-state index contributed by atoms with van der Waals surface area (Å²) in [7, 11) is 0. The molecule has 1 fully saturated rings. The SMILES string of the molecule is CC(C)(C)CCN1CCN(C(=O)CC(N)c2ccccc2)CC1. The normalized spacial score (nSPS) is 18.0. The highest BCUT2D eigenvalue weighted by atomic mass is 16.2. The van der Waals surface area contributed by atoms with Crippen molar-refractivity contribution in [3.8, 4) is 0 Å². The van der Waals surface area contributed by atoms with Gasteiger partial charge >= 0.3 is 0 Å². The van der Waals surface area contributed by atoms with Crippen molar-refractivity contribution in [2.75, 3.05) is 32.7 Å². The minimum Gasteiger partial charge on any atom is -0.340 e. The van der Waals surface area contributed by atoms with E-state index in [4.69, 9.17) is 5.73 Å². The van der Waals surface area contributed by atoms with Gasteiger partial charge in [0.1, 0.15) is 0 Å². The largest absolute Gasteiger partial charge is 0.340 e. The molecule has 1 atom stereocenters. The molecule has 1 aromatic rings. The third kappa shape index (κ3) is 5.96. The van der Waals surface area contributed by atoms with Gasteiger partial charge in [0.15, 0.2) is 0 Å². The lowest BCUT2D eigenvalue weighted by Gasteiger charge is -2.36. The molecule has 0 spiro atoms. The molecule has 0 saturated carbocycles. The van der Waals surface area contributed by atoms with Crippen LogP contribution in [0.15, 0.2) is 30.3 Å². The predicted octanol–water partition coefficient (Wildman–Crippen LogP) is 2.66. The second kappa shape index (κ2) is 7.93. The minimum atomic E-state index is -0.206. The Morgan fingerprint density at radius 1 is 1.13 bits per heavy atom. The van der Waals surface area contributed by atoms with E-state index < -0.39 is 0 Å². The second-order valence-corrected chi connectivity index (χ2v) is 7.75. The zero-order chi connectivity index (χ0) is 16.9. The van der Waals surface area contributed by atoms with E-state index in [0.29, 0.717) is 11.8 Å². The predicted molar refractivity (Wildman–Crippen MR) is 95.1 cm³/mol. The molecule has 128 valence electrons. The van der Waals surface area contributed by atoms with E-state index in [9.17, 15) is 4.79 Å². The number of amides is 1. The average molecular weight is 317 g/mol. The summed E-state index contributed by atoms with van der Waals surface area (Å²) in [5.41, 5.74) is 7.57. The second-order valence-electron chi connectivity index (χ2n) is 7.75. The number of hydrogen-bond acceptors (Lipinski definition) is 3. The summed E-state index contributed by atoms with van der Waals surface area (Å²) in [4.78, 5) is 16.9. The van der Waals surface area contributed by atoms with E-state index in [0.717, 1.165) is 38.3 Å². The molecule has 1 unspecified atom stereocenters. The van der Waals surface area contributed by atoms with Gasteiger partial charge in [0.2, 0.25) is 5.91 Å². The maximum atomic E-state index is 12.4. The van der Waals surface area contributed by atoms with Crippen molar-refractivity contribution in [2.24, 2.45) is 11.1 Å². The van der Waals surface area contributed by atoms with Crippen LogP contribution < -0.4 is 5.73 Å². The summed E-state index contributed by atoms with van der Waals surface area (Å²) >= 11 is 0. The zero-order valence-corrected chi connectivity index (χ0v) is 14.8. The Labute approximate surface area is 140 Å². The Balaban J connectivity index is 1.75. The fraction of sp³-hybridized carbons (Fsp3) is 0.632. The molecule has 1 aliphatic heterocycles. The van der Waals surface area contributed by atoms with Gasteiger partial charge < -0.3 is 10.6 Å². The van der Waals surface area contributed by atoms with Crippen LogP contribution in [0.2, 0.25) is 0 Å². The zero-order valence-electron chi connectivity index (χ0n) is 14.8. The highest BCUT2D eigenvalue weighted by molar-refractivity contribution is 5.77. The number of nitrogens with two attached hydrogens (primary N) is 1. The highest BCUT2D eigenvalue weighted by Gasteiger charge is 2.23. The summed E-state index contributed by atoms with van der Waals surface area (Å²) in [5.74, 6) is 0.178. The van der Waals surface area contributed by atoms with Crippen LogP contribution in [0, 0.1) is 5.41 Å². The first-order chi connectivity index (χ1) is 10.8. The van der Waals surface area contributed by atoms with Crippen LogP contribution >= 0.6 is 0 Å². The van der Waals surface area contributed by atoms with Gasteiger partial charge in [-0.3, -0.25) is 9.69 Å². The Bertz CT molecular complexity index is 487. The van der Waals surface area contributed by atoms with E-state index in [1.807, 2.05) is 35.2 Å². The van der Waals surface area contributed by atoms with Crippen molar-refractivity contribution in [3.05, 3.63) is 35.9 Å². The molecule has 1 aliphatic rings. The van der Waals surface area contributed by atoms with Crippen LogP contribution in [0.25, 0.3) is 0 Å². The first-order valence-corrected chi connectivity index (χ1v) is 8.66. The van der Waals surface area contributed by atoms with E-state index in [1.54, 1.807) is 0 Å². The standard InChI is InChI=1S/C19H31N3O/c1-19(2,3)9-10-21-11-13-22(14-12-21)18(23)15-17(20)16-7-5-4-6-8-16/h4-8,17H,9-15,20H2,1-3H3. The molecule has 4 heteroatoms. The molecule has 0 radical (unpaired) electrons. The molecule has 2 N–H and O–H groups in total. The quantitative estimate of drug-likeness (QED) is 0.908. The van der Waals surface area contributed by atoms with Crippen molar-refractivity contribution in [3.63, 3.8) is 0 Å². The number of hydrogen-bond donors (Lipinski definition) is 1. The molecule has 0 aliphatic carbocycles. The van der Waals surface area contributed by atoms with Crippen molar-refractivity contribution in [1.29, 1.82) is 0 Å². The van der Waals surface area contributed by atoms with Gasteiger partial charge in [-0.25, -0.2) is 0 Å². The first kappa shape index (κ1) is 18.0. The topological polar surface area (TPSA) is 49.6 Å². The molecule has 2 rings (SSSR count). The molecular formula is C19H31N3O. The van der Waals surface area contributed by atoms with Gasteiger partial charge in [0.05, 0.1) is 0 Å². The number of rotatable bonds is 5. The molecule has 1 heterocycles. The lowest BCUT2D eigenvalue weighted by atomic mass is 9.92. The number of carbonyl (C=O) groups excluding carboxylic acids is 1. The summed E-state index contributed by atoms with van der Waals surface area (Å²) in [6, 6.07) is 9.67. The Hall–Kier alpha value is -1.39. The van der Waals surface area contributed by atoms with Gasteiger partial charge in [-0.2, -0.15) is 0 Å². The molecule has 1 amide bonds. The van der Waals surface area contributed by atoms with Crippen molar-refractivity contribution in [2.45, 2.75) is 39.7 Å². The molecule has 1 aromatic carbocycles. The van der Waals surface area contributed by atoms with Gasteiger partial charge in [-0.15, -0.1) is 0 Å². The highest BCUT2D eigenvalue weighted by Crippen LogP contribution is 2.20. The Morgan fingerprint density at radius 2 is 1.74 bits per heavy atom. The average Bonchev–Trinajstić information content (AvgIpc) is 2.53. The van der Waals surface area contributed by atoms with Gasteiger partial charge in [0.25, 0.3) is 0 Å². The van der Waals surface area contributed by atoms with Crippen LogP contribution in [0.5, 0.6) is 0 Å². The lowest BCUT2D eigenvalue weighted by Crippen LogP contribution is -2.49. The van der Waals surface area contributed by atoms with Crippen molar-refractivity contribution >= 4 is 5.91 Å². The van der Waals surface area contributed by atoms with Crippen LogP contribution in [0.4, 0.5) is 0 Å². The van der Waals surface area contributed by atoms with Gasteiger partial charge in [0, 0.05) is 38.6 Å². The van der Waals surface area contributed by atoms with Crippen LogP contribution in [0.1, 0.15) is 45.2 Å². The third-order valence-electron chi connectivity index (χ3n) is 4.53. The molecule has 1 saturated heterocycles. The number of nitrogens with zero attached hydrogens (tertiary/aromatic N) is 2. The fourth-order valence-corrected chi connectivity index (χ4v) is 2.85. The summed E-state index contributed by atoms with van der Waals surface area (Å²) in [5, 5.41) is 0. The fourth-order valence-electron chi connectivity index (χ4n) is 2.85. The molecular weight excluding hydrogens is 286 g/mol. The Kier molecular flexibility index (Phi) is 6.19. The van der Waals surface area contributed by atoms with E-state index in [-0.39, 0.29) is 11.9 Å². The van der Waals surface area contributed by atoms with Gasteiger partial charge in [-0.1, -0.05) is 51.1 Å². The minimum absolute atomic E-state index is 0.178. The van der Waals surface area contributed by atoms with E-state index in [2.05, 4.69) is 25.7 Å². The Morgan fingerprint density at radius 3 is 2.30 bits per heavy atom. The third-order valence-corrected chi connectivity index (χ3v) is 4.53. The smallest absolute Gasteiger partial charge is 0.224 e. The van der Waals surface area contributed by atoms with Gasteiger partial charge in [-0.05, 0) is 23.9 Å². The van der Waals surface area contributed by atoms with E-state index >= 15 is 0 Å². The first-order valence-electron chi connectivity index (χ1n) is 8.66.